The van der Waals surface area contributed by atoms with Crippen LogP contribution in [0.15, 0.2) is 77.7 Å². The molecule has 0 bridgehead atoms. The zero-order valence-corrected chi connectivity index (χ0v) is 27.7. The highest BCUT2D eigenvalue weighted by molar-refractivity contribution is 8.00. The summed E-state index contributed by atoms with van der Waals surface area (Å²) >= 11 is 1.09. The van der Waals surface area contributed by atoms with Gasteiger partial charge >= 0.3 is 11.7 Å². The lowest BCUT2D eigenvalue weighted by Crippen LogP contribution is -2.38. The molecule has 1 aromatic heterocycles. The van der Waals surface area contributed by atoms with Gasteiger partial charge in [-0.2, -0.15) is 10.2 Å². The van der Waals surface area contributed by atoms with E-state index >= 15 is 4.39 Å². The van der Waals surface area contributed by atoms with Crippen LogP contribution in [0, 0.1) is 11.3 Å². The van der Waals surface area contributed by atoms with E-state index in [-0.39, 0.29) is 43.1 Å². The van der Waals surface area contributed by atoms with Crippen molar-refractivity contribution >= 4 is 38.0 Å². The van der Waals surface area contributed by atoms with Crippen molar-refractivity contribution in [2.24, 2.45) is 0 Å². The summed E-state index contributed by atoms with van der Waals surface area (Å²) < 4.78 is 37.4. The molecule has 2 heterocycles. The Balaban J connectivity index is 1.57. The number of ether oxygens (including phenoxy) is 1. The van der Waals surface area contributed by atoms with E-state index in [9.17, 15) is 14.4 Å². The molecule has 0 spiro atoms. The normalized spacial score (nSPS) is 20.1. The molecule has 46 heavy (non-hydrogen) atoms. The molecule has 3 aromatic rings. The number of amides is 1. The number of hydrogen-bond acceptors (Lipinski definition) is 10. The third-order valence-corrected chi connectivity index (χ3v) is 10.5. The Labute approximate surface area is 273 Å². The number of esters is 1. The van der Waals surface area contributed by atoms with Gasteiger partial charge in [0.2, 0.25) is 0 Å². The van der Waals surface area contributed by atoms with Crippen LogP contribution in [0.1, 0.15) is 60.2 Å². The molecule has 1 N–H and O–H groups in total. The topological polar surface area (TPSA) is 136 Å². The van der Waals surface area contributed by atoms with Gasteiger partial charge in [-0.1, -0.05) is 36.4 Å². The van der Waals surface area contributed by atoms with Crippen LogP contribution >= 0.6 is 20.3 Å². The summed E-state index contributed by atoms with van der Waals surface area (Å²) in [7, 11) is -1.65. The molecule has 1 aliphatic heterocycles. The van der Waals surface area contributed by atoms with Crippen molar-refractivity contribution in [1.82, 2.24) is 14.2 Å². The Hall–Kier alpha value is -3.66. The van der Waals surface area contributed by atoms with Crippen LogP contribution in [-0.4, -0.2) is 68.9 Å². The maximum absolute atomic E-state index is 16.3. The number of rotatable bonds is 14. The van der Waals surface area contributed by atoms with E-state index in [0.29, 0.717) is 5.56 Å². The highest BCUT2D eigenvalue weighted by Crippen LogP contribution is 2.50. The Kier molecular flexibility index (Phi) is 12.8. The highest BCUT2D eigenvalue weighted by atomic mass is 32.2. The fourth-order valence-corrected chi connectivity index (χ4v) is 8.06. The Morgan fingerprint density at radius 2 is 1.67 bits per heavy atom. The smallest absolute Gasteiger partial charge is 0.350 e. The first-order valence-electron chi connectivity index (χ1n) is 14.8. The zero-order valence-electron chi connectivity index (χ0n) is 26.0. The van der Waals surface area contributed by atoms with Crippen molar-refractivity contribution in [3.8, 4) is 6.07 Å². The number of anilines is 1. The lowest BCUT2D eigenvalue weighted by atomic mass is 10.1. The van der Waals surface area contributed by atoms with Gasteiger partial charge in [0.05, 0.1) is 36.5 Å². The number of halogens is 1. The quantitative estimate of drug-likeness (QED) is 0.124. The second-order valence-electron chi connectivity index (χ2n) is 10.9. The summed E-state index contributed by atoms with van der Waals surface area (Å²) in [6, 6.07) is 20.3. The predicted octanol–water partition coefficient (Wildman–Crippen LogP) is 5.97. The molecule has 4 rings (SSSR count). The van der Waals surface area contributed by atoms with E-state index < -0.39 is 49.0 Å². The van der Waals surface area contributed by atoms with Crippen LogP contribution in [-0.2, 0) is 13.8 Å². The van der Waals surface area contributed by atoms with Crippen molar-refractivity contribution in [3.05, 3.63) is 94.5 Å². The summed E-state index contributed by atoms with van der Waals surface area (Å²) in [5, 5.41) is 9.79. The number of benzene rings is 2. The first-order chi connectivity index (χ1) is 22.1. The molecule has 1 unspecified atom stereocenters. The fraction of sp³-hybridized carbons (Fsp3) is 0.406. The third-order valence-electron chi connectivity index (χ3n) is 6.91. The van der Waals surface area contributed by atoms with Gasteiger partial charge in [-0.05, 0) is 58.0 Å². The molecular weight excluding hydrogens is 632 g/mol. The number of carbonyl (C=O) groups excluding carboxylic acids is 2. The molecular formula is C32H37FN5O6PS. The monoisotopic (exact) mass is 669 g/mol. The number of alkyl halides is 1. The van der Waals surface area contributed by atoms with Crippen LogP contribution in [0.25, 0.3) is 0 Å². The van der Waals surface area contributed by atoms with E-state index in [0.717, 1.165) is 16.3 Å². The van der Waals surface area contributed by atoms with Gasteiger partial charge in [-0.15, -0.1) is 11.8 Å². The summed E-state index contributed by atoms with van der Waals surface area (Å²) in [5.41, 5.74) is -0.138. The van der Waals surface area contributed by atoms with Gasteiger partial charge in [0.15, 0.2) is 12.3 Å². The number of nitrogens with zero attached hydrogens (tertiary/aromatic N) is 4. The van der Waals surface area contributed by atoms with E-state index in [2.05, 4.69) is 16.4 Å². The second-order valence-corrected chi connectivity index (χ2v) is 13.7. The fourth-order valence-electron chi connectivity index (χ4n) is 4.86. The average Bonchev–Trinajstić information content (AvgIpc) is 3.34. The Morgan fingerprint density at radius 3 is 2.26 bits per heavy atom. The van der Waals surface area contributed by atoms with E-state index in [1.807, 2.05) is 32.4 Å². The van der Waals surface area contributed by atoms with Crippen LogP contribution in [0.4, 0.5) is 10.2 Å². The van der Waals surface area contributed by atoms with E-state index in [1.54, 1.807) is 60.7 Å². The first-order valence-corrected chi connectivity index (χ1v) is 16.9. The minimum atomic E-state index is -1.80. The summed E-state index contributed by atoms with van der Waals surface area (Å²) in [5.74, 6) is -1.13. The lowest BCUT2D eigenvalue weighted by Gasteiger charge is -2.36. The van der Waals surface area contributed by atoms with Gasteiger partial charge in [-0.25, -0.2) is 18.6 Å². The maximum Gasteiger partial charge on any atom is 0.350 e. The van der Waals surface area contributed by atoms with E-state index in [4.69, 9.17) is 19.0 Å². The van der Waals surface area contributed by atoms with Gasteiger partial charge in [0.1, 0.15) is 11.2 Å². The number of thioether (sulfide) groups is 1. The van der Waals surface area contributed by atoms with Crippen LogP contribution < -0.4 is 11.0 Å². The lowest BCUT2D eigenvalue weighted by molar-refractivity contribution is 0.00238. The number of carbonyl (C=O) groups is 2. The Bertz CT molecular complexity index is 1550. The van der Waals surface area contributed by atoms with E-state index in [1.165, 1.54) is 12.3 Å². The van der Waals surface area contributed by atoms with Crippen molar-refractivity contribution in [2.45, 2.75) is 69.1 Å². The molecule has 11 nitrogen and oxygen atoms in total. The van der Waals surface area contributed by atoms with Gasteiger partial charge in [0.25, 0.3) is 14.4 Å². The van der Waals surface area contributed by atoms with Gasteiger partial charge in [-0.3, -0.25) is 9.36 Å². The number of aromatic nitrogens is 2. The predicted molar refractivity (Wildman–Crippen MR) is 175 cm³/mol. The maximum atomic E-state index is 16.3. The van der Waals surface area contributed by atoms with Crippen molar-refractivity contribution in [2.75, 3.05) is 18.5 Å². The minimum Gasteiger partial charge on any atom is -0.454 e. The number of hydrogen-bond donors (Lipinski definition) is 1. The molecule has 1 amide bonds. The number of nitriles is 1. The molecule has 0 radical (unpaired) electrons. The minimum absolute atomic E-state index is 0.0167. The highest BCUT2D eigenvalue weighted by Gasteiger charge is 2.49. The molecule has 0 aliphatic carbocycles. The standard InChI is InChI=1S/C32H37FN5O6PS/c1-21(2)38(22(3)4)45(42-19-11-17-34)43-20-25-28(44-31(40)24-14-9-6-10-15-24)27(33)30(46-25)37-18-16-26(36-32(37)41)35-29(39)23-12-7-5-8-13-23/h5-10,12-16,18,21-22,25,27-28,30H,11,19-20H2,1-4H3,(H,35,36,39,41)/t25-,27+,28-,30-,45?/m1/s1. The number of nitrogens with one attached hydrogen (secondary N) is 1. The molecule has 1 saturated heterocycles. The molecule has 244 valence electrons. The van der Waals surface area contributed by atoms with Crippen molar-refractivity contribution in [3.63, 3.8) is 0 Å². The summed E-state index contributed by atoms with van der Waals surface area (Å²) in [6.45, 7) is 8.10. The molecule has 1 aliphatic rings. The second kappa shape index (κ2) is 16.8. The van der Waals surface area contributed by atoms with Crippen LogP contribution in [0.5, 0.6) is 0 Å². The summed E-state index contributed by atoms with van der Waals surface area (Å²) in [6.07, 6.45) is -1.54. The van der Waals surface area contributed by atoms with Crippen LogP contribution in [0.2, 0.25) is 0 Å². The third kappa shape index (κ3) is 8.99. The molecule has 1 fully saturated rings. The largest absolute Gasteiger partial charge is 0.454 e. The van der Waals surface area contributed by atoms with Crippen molar-refractivity contribution in [1.29, 1.82) is 5.26 Å². The summed E-state index contributed by atoms with van der Waals surface area (Å²) in [4.78, 5) is 42.7. The molecule has 2 aromatic carbocycles. The average molecular weight is 670 g/mol. The SMILES string of the molecule is CC(C)N(C(C)C)P(OCCC#N)OC[C@H]1S[C@@H](n2ccc(NC(=O)c3ccccc3)nc2=O)[C@@H](F)[C@@H]1OC(=O)c1ccccc1. The first kappa shape index (κ1) is 35.2. The molecule has 5 atom stereocenters. The zero-order chi connectivity index (χ0) is 33.2. The molecule has 14 heteroatoms. The molecule has 0 saturated carbocycles. The van der Waals surface area contributed by atoms with Gasteiger partial charge in [0, 0.05) is 23.8 Å². The van der Waals surface area contributed by atoms with Crippen molar-refractivity contribution < 1.29 is 27.8 Å². The van der Waals surface area contributed by atoms with Gasteiger partial charge < -0.3 is 19.1 Å². The Morgan fingerprint density at radius 1 is 1.04 bits per heavy atom. The van der Waals surface area contributed by atoms with Crippen LogP contribution in [0.3, 0.4) is 0 Å².